The number of benzene rings is 1. The zero-order valence-electron chi connectivity index (χ0n) is 6.28. The Kier molecular flexibility index (Phi) is 3.55. The number of hydrogen-bond acceptors (Lipinski definition) is 1. The standard InChI is InChI=1S/C8H4Br2F2O/c9-3-8(13)4-1-6(11)7(12)2-5(4)10/h1-2H,3H2. The number of halogens is 4. The maximum absolute atomic E-state index is 12.7. The van der Waals surface area contributed by atoms with Crippen LogP contribution in [-0.2, 0) is 0 Å². The summed E-state index contributed by atoms with van der Waals surface area (Å²) in [5.41, 5.74) is 0.135. The number of Topliss-reactive ketones (excluding diaryl/α,β-unsaturated/α-hetero) is 1. The molecule has 1 aromatic rings. The molecular weight excluding hydrogens is 310 g/mol. The Morgan fingerprint density at radius 1 is 1.31 bits per heavy atom. The van der Waals surface area contributed by atoms with Crippen molar-refractivity contribution in [3.05, 3.63) is 33.8 Å². The van der Waals surface area contributed by atoms with Crippen molar-refractivity contribution in [2.45, 2.75) is 0 Å². The van der Waals surface area contributed by atoms with Crippen LogP contribution in [0.15, 0.2) is 16.6 Å². The van der Waals surface area contributed by atoms with E-state index in [1.165, 1.54) is 0 Å². The van der Waals surface area contributed by atoms with Crippen LogP contribution >= 0.6 is 31.9 Å². The van der Waals surface area contributed by atoms with Gasteiger partial charge >= 0.3 is 0 Å². The molecule has 0 N–H and O–H groups in total. The molecule has 0 saturated carbocycles. The summed E-state index contributed by atoms with van der Waals surface area (Å²) in [5, 5.41) is 0.0800. The monoisotopic (exact) mass is 312 g/mol. The van der Waals surface area contributed by atoms with Crippen LogP contribution in [0.4, 0.5) is 8.78 Å². The SMILES string of the molecule is O=C(CBr)c1cc(F)c(F)cc1Br. The molecule has 0 atom stereocenters. The van der Waals surface area contributed by atoms with Crippen LogP contribution in [0, 0.1) is 11.6 Å². The van der Waals surface area contributed by atoms with Gasteiger partial charge in [-0.2, -0.15) is 0 Å². The van der Waals surface area contributed by atoms with Gasteiger partial charge in [-0.05, 0) is 28.1 Å². The smallest absolute Gasteiger partial charge is 0.174 e. The summed E-state index contributed by atoms with van der Waals surface area (Å²) in [6.45, 7) is 0. The molecule has 13 heavy (non-hydrogen) atoms. The van der Waals surface area contributed by atoms with E-state index < -0.39 is 11.6 Å². The van der Waals surface area contributed by atoms with Crippen molar-refractivity contribution in [2.24, 2.45) is 0 Å². The average Bonchev–Trinajstić information content (AvgIpc) is 2.10. The van der Waals surface area contributed by atoms with Gasteiger partial charge in [-0.15, -0.1) is 0 Å². The Morgan fingerprint density at radius 3 is 2.38 bits per heavy atom. The summed E-state index contributed by atoms with van der Waals surface area (Å²) in [6, 6.07) is 1.81. The summed E-state index contributed by atoms with van der Waals surface area (Å²) < 4.78 is 25.6. The first-order chi connectivity index (χ1) is 6.06. The van der Waals surface area contributed by atoms with Crippen LogP contribution in [0.1, 0.15) is 10.4 Å². The lowest BCUT2D eigenvalue weighted by molar-refractivity contribution is 0.102. The molecule has 0 unspecified atom stereocenters. The van der Waals surface area contributed by atoms with E-state index >= 15 is 0 Å². The van der Waals surface area contributed by atoms with Crippen LogP contribution in [-0.4, -0.2) is 11.1 Å². The van der Waals surface area contributed by atoms with Gasteiger partial charge in [-0.25, -0.2) is 8.78 Å². The molecule has 1 rings (SSSR count). The fourth-order valence-corrected chi connectivity index (χ4v) is 1.65. The molecule has 0 aliphatic heterocycles. The second-order valence-electron chi connectivity index (χ2n) is 2.30. The number of carbonyl (C=O) groups is 1. The topological polar surface area (TPSA) is 17.1 Å². The molecule has 0 amide bonds. The van der Waals surface area contributed by atoms with Gasteiger partial charge in [0.25, 0.3) is 0 Å². The zero-order valence-corrected chi connectivity index (χ0v) is 9.45. The Morgan fingerprint density at radius 2 is 1.85 bits per heavy atom. The fraction of sp³-hybridized carbons (Fsp3) is 0.125. The summed E-state index contributed by atoms with van der Waals surface area (Å²) in [4.78, 5) is 11.1. The van der Waals surface area contributed by atoms with E-state index in [-0.39, 0.29) is 21.1 Å². The molecular formula is C8H4Br2F2O. The van der Waals surface area contributed by atoms with Crippen molar-refractivity contribution in [3.8, 4) is 0 Å². The normalized spacial score (nSPS) is 10.2. The van der Waals surface area contributed by atoms with E-state index in [1.54, 1.807) is 0 Å². The van der Waals surface area contributed by atoms with Crippen LogP contribution in [0.3, 0.4) is 0 Å². The van der Waals surface area contributed by atoms with Crippen LogP contribution in [0.25, 0.3) is 0 Å². The number of rotatable bonds is 2. The molecule has 0 aromatic heterocycles. The highest BCUT2D eigenvalue weighted by Gasteiger charge is 2.13. The van der Waals surface area contributed by atoms with Gasteiger partial charge in [-0.1, -0.05) is 15.9 Å². The predicted molar refractivity (Wildman–Crippen MR) is 52.2 cm³/mol. The number of alkyl halides is 1. The molecule has 0 spiro atoms. The van der Waals surface area contributed by atoms with E-state index in [0.29, 0.717) is 0 Å². The summed E-state index contributed by atoms with van der Waals surface area (Å²) >= 11 is 5.92. The van der Waals surface area contributed by atoms with E-state index in [1.807, 2.05) is 0 Å². The average molecular weight is 314 g/mol. The van der Waals surface area contributed by atoms with Gasteiger partial charge in [0.15, 0.2) is 17.4 Å². The fourth-order valence-electron chi connectivity index (χ4n) is 0.808. The van der Waals surface area contributed by atoms with Crippen molar-refractivity contribution >= 4 is 37.6 Å². The van der Waals surface area contributed by atoms with Crippen LogP contribution < -0.4 is 0 Å². The summed E-state index contributed by atoms with van der Waals surface area (Å²) in [6.07, 6.45) is 0. The third-order valence-electron chi connectivity index (χ3n) is 1.43. The second-order valence-corrected chi connectivity index (χ2v) is 3.72. The van der Waals surface area contributed by atoms with Crippen LogP contribution in [0.5, 0.6) is 0 Å². The number of carbonyl (C=O) groups excluding carboxylic acids is 1. The molecule has 0 aliphatic carbocycles. The highest BCUT2D eigenvalue weighted by atomic mass is 79.9. The highest BCUT2D eigenvalue weighted by molar-refractivity contribution is 9.10. The molecule has 0 bridgehead atoms. The Hall–Kier alpha value is -0.290. The predicted octanol–water partition coefficient (Wildman–Crippen LogP) is 3.30. The Bertz CT molecular complexity index is 352. The largest absolute Gasteiger partial charge is 0.293 e. The third kappa shape index (κ3) is 2.34. The zero-order chi connectivity index (χ0) is 10.0. The number of hydrogen-bond donors (Lipinski definition) is 0. The quantitative estimate of drug-likeness (QED) is 0.465. The Labute approximate surface area is 90.4 Å². The lowest BCUT2D eigenvalue weighted by atomic mass is 10.1. The third-order valence-corrected chi connectivity index (χ3v) is 2.60. The molecule has 5 heteroatoms. The molecule has 0 saturated heterocycles. The molecule has 0 fully saturated rings. The van der Waals surface area contributed by atoms with Crippen LogP contribution in [0.2, 0.25) is 0 Å². The van der Waals surface area contributed by atoms with Gasteiger partial charge < -0.3 is 0 Å². The maximum Gasteiger partial charge on any atom is 0.174 e. The summed E-state index contributed by atoms with van der Waals surface area (Å²) in [5.74, 6) is -2.30. The van der Waals surface area contributed by atoms with Gasteiger partial charge in [0.1, 0.15) is 0 Å². The van der Waals surface area contributed by atoms with Crippen molar-refractivity contribution in [2.75, 3.05) is 5.33 Å². The molecule has 0 aliphatic rings. The second kappa shape index (κ2) is 4.28. The lowest BCUT2D eigenvalue weighted by Crippen LogP contribution is -2.02. The lowest BCUT2D eigenvalue weighted by Gasteiger charge is -2.01. The molecule has 0 radical (unpaired) electrons. The molecule has 1 nitrogen and oxygen atoms in total. The van der Waals surface area contributed by atoms with E-state index in [0.717, 1.165) is 12.1 Å². The first-order valence-corrected chi connectivity index (χ1v) is 5.21. The van der Waals surface area contributed by atoms with Crippen molar-refractivity contribution in [1.29, 1.82) is 0 Å². The van der Waals surface area contributed by atoms with E-state index in [2.05, 4.69) is 31.9 Å². The first-order valence-electron chi connectivity index (χ1n) is 3.30. The van der Waals surface area contributed by atoms with E-state index in [4.69, 9.17) is 0 Å². The Balaban J connectivity index is 3.23. The van der Waals surface area contributed by atoms with Gasteiger partial charge in [0, 0.05) is 10.0 Å². The first kappa shape index (κ1) is 10.8. The van der Waals surface area contributed by atoms with Crippen molar-refractivity contribution in [1.82, 2.24) is 0 Å². The van der Waals surface area contributed by atoms with E-state index in [9.17, 15) is 13.6 Å². The van der Waals surface area contributed by atoms with Crippen molar-refractivity contribution < 1.29 is 13.6 Å². The number of ketones is 1. The minimum atomic E-state index is -1.02. The van der Waals surface area contributed by atoms with Crippen molar-refractivity contribution in [3.63, 3.8) is 0 Å². The highest BCUT2D eigenvalue weighted by Crippen LogP contribution is 2.21. The molecule has 1 aromatic carbocycles. The molecule has 0 heterocycles. The van der Waals surface area contributed by atoms with Gasteiger partial charge in [0.2, 0.25) is 0 Å². The minimum absolute atomic E-state index is 0.0800. The molecule has 70 valence electrons. The maximum atomic E-state index is 12.7. The minimum Gasteiger partial charge on any atom is -0.293 e. The van der Waals surface area contributed by atoms with Gasteiger partial charge in [0.05, 0.1) is 5.33 Å². The van der Waals surface area contributed by atoms with Gasteiger partial charge in [-0.3, -0.25) is 4.79 Å². The summed E-state index contributed by atoms with van der Waals surface area (Å²) in [7, 11) is 0.